The van der Waals surface area contributed by atoms with E-state index in [9.17, 15) is 0 Å². The van der Waals surface area contributed by atoms with Crippen molar-refractivity contribution in [2.24, 2.45) is 0 Å². The van der Waals surface area contributed by atoms with Crippen LogP contribution in [0.4, 0.5) is 0 Å². The predicted octanol–water partition coefficient (Wildman–Crippen LogP) is -5.48. The summed E-state index contributed by atoms with van der Waals surface area (Å²) >= 11 is 0. The average molecular weight is 104 g/mol. The predicted molar refractivity (Wildman–Crippen MR) is 9.14 cm³/mol. The Bertz CT molecular complexity index is 17.7. The molecule has 3 nitrogen and oxygen atoms in total. The molecule has 0 atom stereocenters. The first-order chi connectivity index (χ1) is 1.73. The molecule has 0 N–H and O–H groups in total. The van der Waals surface area contributed by atoms with Gasteiger partial charge in [0, 0.05) is 0 Å². The van der Waals surface area contributed by atoms with Crippen LogP contribution < -0.4 is 44.2 Å². The fraction of sp³-hybridized carbons (Fsp3) is 0. The molecule has 0 aliphatic rings. The first kappa shape index (κ1) is 9.58. The molecule has 26 valence electrons. The van der Waals surface area contributed by atoms with E-state index in [0.717, 1.165) is 0 Å². The summed E-state index contributed by atoms with van der Waals surface area (Å²) in [6.07, 6.45) is 0. The Hall–Kier alpha value is 1.31. The Morgan fingerprint density at radius 3 is 1.20 bits per heavy atom. The maximum atomic E-state index is 8.48. The summed E-state index contributed by atoms with van der Waals surface area (Å²) in [5, 5.41) is 0. The van der Waals surface area contributed by atoms with Crippen molar-refractivity contribution in [1.82, 2.24) is 0 Å². The average Bonchev–Trinajstić information content (AvgIpc) is 0.811. The monoisotopic (exact) mass is 104 g/mol. The van der Waals surface area contributed by atoms with Crippen molar-refractivity contribution in [2.75, 3.05) is 0 Å². The molecule has 0 bridgehead atoms. The third-order valence-electron chi connectivity index (χ3n) is 0. The van der Waals surface area contributed by atoms with Gasteiger partial charge in [0.1, 0.15) is 0 Å². The zero-order valence-electron chi connectivity index (χ0n) is 4.67. The van der Waals surface area contributed by atoms with E-state index in [0.29, 0.717) is 0 Å². The van der Waals surface area contributed by atoms with Crippen molar-refractivity contribution in [2.45, 2.75) is 0 Å². The molecular weight excluding hydrogens is 102 g/mol. The van der Waals surface area contributed by atoms with Crippen molar-refractivity contribution in [3.63, 3.8) is 0 Å². The van der Waals surface area contributed by atoms with Gasteiger partial charge in [0.15, 0.2) is 0 Å². The van der Waals surface area contributed by atoms with Crippen molar-refractivity contribution in [1.29, 1.82) is 0 Å². The zero-order valence-corrected chi connectivity index (χ0v) is 5.57. The van der Waals surface area contributed by atoms with Crippen LogP contribution in [-0.2, 0) is 0 Å². The molecule has 0 heterocycles. The van der Waals surface area contributed by atoms with Crippen LogP contribution in [0.15, 0.2) is 0 Å². The van der Waals surface area contributed by atoms with Gasteiger partial charge in [0.05, 0.1) is 0 Å². The van der Waals surface area contributed by atoms with Crippen molar-refractivity contribution in [3.8, 4) is 0 Å². The molecule has 0 saturated heterocycles. The van der Waals surface area contributed by atoms with Gasteiger partial charge in [-0.15, -0.1) is 0 Å². The summed E-state index contributed by atoms with van der Waals surface area (Å²) in [5.74, 6) is 0. The number of rotatable bonds is 0. The first-order valence-electron chi connectivity index (χ1n) is 0.548. The van der Waals surface area contributed by atoms with E-state index in [2.05, 4.69) is 0 Å². The minimum Gasteiger partial charge on any atom is -0.854 e. The Kier molecular flexibility index (Phi) is 10.2. The van der Waals surface area contributed by atoms with Gasteiger partial charge in [-0.2, -0.15) is 0 Å². The molecule has 0 aromatic carbocycles. The summed E-state index contributed by atoms with van der Waals surface area (Å²) in [4.78, 5) is 25.4. The van der Waals surface area contributed by atoms with Crippen LogP contribution in [0, 0.1) is 0 Å². The normalized spacial score (nSPS) is 7.20. The van der Waals surface area contributed by atoms with Crippen molar-refractivity contribution in [3.05, 3.63) is 0 Å². The molecule has 5 heavy (non-hydrogen) atoms. The van der Waals surface area contributed by atoms with Crippen LogP contribution in [-0.4, -0.2) is 0 Å². The third kappa shape index (κ3) is 33.9. The molecular formula is H2NaO3P. The van der Waals surface area contributed by atoms with Crippen molar-refractivity contribution < 1.29 is 47.1 Å². The minimum atomic E-state index is -3.37. The van der Waals surface area contributed by atoms with Crippen LogP contribution >= 0.6 is 8.60 Å². The van der Waals surface area contributed by atoms with Gasteiger partial charge in [-0.05, 0) is 0 Å². The number of hydrogen-bond donors (Lipinski definition) is 0. The van der Waals surface area contributed by atoms with E-state index in [1.807, 2.05) is 0 Å². The van der Waals surface area contributed by atoms with Crippen LogP contribution in [0.2, 0.25) is 0 Å². The van der Waals surface area contributed by atoms with Gasteiger partial charge in [-0.25, -0.2) is 0 Å². The molecule has 0 amide bonds. The zero-order chi connectivity index (χ0) is 3.58. The second-order valence-corrected chi connectivity index (χ2v) is 0.671. The Morgan fingerprint density at radius 2 is 1.20 bits per heavy atom. The van der Waals surface area contributed by atoms with Crippen LogP contribution in [0.5, 0.6) is 0 Å². The van der Waals surface area contributed by atoms with E-state index in [1.165, 1.54) is 0 Å². The fourth-order valence-corrected chi connectivity index (χ4v) is 0. The second-order valence-electron chi connectivity index (χ2n) is 0.224. The molecule has 0 aliphatic carbocycles. The third-order valence-corrected chi connectivity index (χ3v) is 0. The van der Waals surface area contributed by atoms with Crippen LogP contribution in [0.3, 0.4) is 0 Å². The molecule has 0 aliphatic heterocycles. The van der Waals surface area contributed by atoms with Gasteiger partial charge in [0.25, 0.3) is 0 Å². The van der Waals surface area contributed by atoms with E-state index >= 15 is 0 Å². The van der Waals surface area contributed by atoms with Gasteiger partial charge in [0.2, 0.25) is 0 Å². The molecule has 0 spiro atoms. The summed E-state index contributed by atoms with van der Waals surface area (Å²) in [5.41, 5.74) is 0. The Balaban J connectivity index is -0.0000000150. The largest absolute Gasteiger partial charge is 1.00 e. The summed E-state index contributed by atoms with van der Waals surface area (Å²) in [6.45, 7) is 0. The summed E-state index contributed by atoms with van der Waals surface area (Å²) in [7, 11) is -3.37. The maximum absolute atomic E-state index is 8.48. The van der Waals surface area contributed by atoms with E-state index < -0.39 is 8.60 Å². The SMILES string of the molecule is [H+].[H+].[Na+].[O-]P([O-])[O-]. The smallest absolute Gasteiger partial charge is 0.854 e. The molecule has 0 radical (unpaired) electrons. The van der Waals surface area contributed by atoms with Crippen LogP contribution in [0.25, 0.3) is 0 Å². The second kappa shape index (κ2) is 5.31. The summed E-state index contributed by atoms with van der Waals surface area (Å²) in [6, 6.07) is 0. The molecule has 0 aromatic heterocycles. The summed E-state index contributed by atoms with van der Waals surface area (Å²) < 4.78 is 0. The number of hydrogen-bond acceptors (Lipinski definition) is 3. The quantitative estimate of drug-likeness (QED) is 0.227. The van der Waals surface area contributed by atoms with Gasteiger partial charge in [-0.3, -0.25) is 0 Å². The molecule has 0 aromatic rings. The molecule has 0 rings (SSSR count). The maximum Gasteiger partial charge on any atom is 1.00 e. The van der Waals surface area contributed by atoms with E-state index in [1.54, 1.807) is 0 Å². The fourth-order valence-electron chi connectivity index (χ4n) is 0. The van der Waals surface area contributed by atoms with Crippen molar-refractivity contribution >= 4 is 8.60 Å². The molecule has 0 fully saturated rings. The van der Waals surface area contributed by atoms with Crippen LogP contribution in [0.1, 0.15) is 2.85 Å². The molecule has 5 heteroatoms. The van der Waals surface area contributed by atoms with Gasteiger partial charge < -0.3 is 23.3 Å². The minimum absolute atomic E-state index is 0. The standard InChI is InChI=1S/Na.O3P/c;1-4(2)3/q+1;-3/p+2. The Labute approximate surface area is 55.9 Å². The first-order valence-corrected chi connectivity index (χ1v) is 1.64. The van der Waals surface area contributed by atoms with Gasteiger partial charge in [-0.1, -0.05) is 0 Å². The molecule has 0 saturated carbocycles. The van der Waals surface area contributed by atoms with E-state index in [-0.39, 0.29) is 32.4 Å². The Morgan fingerprint density at radius 1 is 1.20 bits per heavy atom. The topological polar surface area (TPSA) is 69.2 Å². The van der Waals surface area contributed by atoms with Gasteiger partial charge >= 0.3 is 32.4 Å². The molecule has 0 unspecified atom stereocenters. The van der Waals surface area contributed by atoms with E-state index in [4.69, 9.17) is 14.7 Å².